The number of hydrogen-bond donors (Lipinski definition) is 1. The van der Waals surface area contributed by atoms with E-state index in [0.717, 1.165) is 16.1 Å². The highest BCUT2D eigenvalue weighted by Crippen LogP contribution is 2.27. The summed E-state index contributed by atoms with van der Waals surface area (Å²) in [6.45, 7) is 4.76. The van der Waals surface area contributed by atoms with Crippen molar-refractivity contribution in [1.29, 1.82) is 0 Å². The Labute approximate surface area is 180 Å². The molecule has 0 bridgehead atoms. The maximum atomic E-state index is 12.3. The summed E-state index contributed by atoms with van der Waals surface area (Å²) in [5.41, 5.74) is 4.38. The molecule has 0 saturated heterocycles. The number of thiophene rings is 1. The average molecular weight is 443 g/mol. The van der Waals surface area contributed by atoms with Crippen LogP contribution in [0.15, 0.2) is 46.2 Å². The summed E-state index contributed by atoms with van der Waals surface area (Å²) in [4.78, 5) is 18.0. The van der Waals surface area contributed by atoms with Gasteiger partial charge in [0.05, 0.1) is 18.0 Å². The number of rotatable bonds is 7. The molecule has 1 N–H and O–H groups in total. The summed E-state index contributed by atoms with van der Waals surface area (Å²) in [6, 6.07) is 10.3. The fourth-order valence-electron chi connectivity index (χ4n) is 2.60. The number of benzene rings is 1. The minimum absolute atomic E-state index is 0.137. The molecule has 0 unspecified atom stereocenters. The number of carbonyl (C=O) groups excluding carboxylic acids is 1. The van der Waals surface area contributed by atoms with Crippen molar-refractivity contribution in [2.24, 2.45) is 0 Å². The van der Waals surface area contributed by atoms with E-state index >= 15 is 0 Å². The largest absolute Gasteiger partial charge is 0.301 e. The van der Waals surface area contributed by atoms with Gasteiger partial charge in [0.1, 0.15) is 0 Å². The quantitative estimate of drug-likeness (QED) is 0.431. The summed E-state index contributed by atoms with van der Waals surface area (Å²) in [5, 5.41) is 19.8. The molecule has 0 saturated carbocycles. The zero-order valence-electron chi connectivity index (χ0n) is 15.8. The standard InChI is InChI=1S/C19H18N6OS3/c1-12-5-6-14(8-13(12)2)16-10-28-18(20-16)21-17(26)11-29-19-22-23-24-25(19)9-15-4-3-7-27-15/h3-8,10H,9,11H2,1-2H3,(H,20,21,26). The molecule has 4 aromatic rings. The minimum atomic E-state index is -0.137. The fraction of sp³-hybridized carbons (Fsp3) is 0.211. The van der Waals surface area contributed by atoms with Crippen molar-refractivity contribution in [3.63, 3.8) is 0 Å². The third kappa shape index (κ3) is 4.89. The second kappa shape index (κ2) is 8.85. The fourth-order valence-corrected chi connectivity index (χ4v) is 4.70. The topological polar surface area (TPSA) is 85.6 Å². The van der Waals surface area contributed by atoms with Crippen LogP contribution in [0, 0.1) is 13.8 Å². The van der Waals surface area contributed by atoms with Crippen LogP contribution in [-0.2, 0) is 11.3 Å². The Hall–Kier alpha value is -2.56. The molecule has 3 aromatic heterocycles. The number of nitrogens with one attached hydrogen (secondary N) is 1. The summed E-state index contributed by atoms with van der Waals surface area (Å²) in [7, 11) is 0. The SMILES string of the molecule is Cc1ccc(-c2csc(NC(=O)CSc3nnnn3Cc3cccs3)n2)cc1C. The lowest BCUT2D eigenvalue weighted by molar-refractivity contribution is -0.113. The Morgan fingerprint density at radius 2 is 2.10 bits per heavy atom. The van der Waals surface area contributed by atoms with Gasteiger partial charge in [-0.25, -0.2) is 9.67 Å². The van der Waals surface area contributed by atoms with Crippen molar-refractivity contribution < 1.29 is 4.79 Å². The first-order valence-corrected chi connectivity index (χ1v) is 11.6. The van der Waals surface area contributed by atoms with Gasteiger partial charge in [0.25, 0.3) is 0 Å². The number of tetrazole rings is 1. The molecule has 0 radical (unpaired) electrons. The Kier molecular flexibility index (Phi) is 6.02. The van der Waals surface area contributed by atoms with Gasteiger partial charge in [-0.3, -0.25) is 4.79 Å². The number of aromatic nitrogens is 5. The Bertz CT molecular complexity index is 1120. The molecule has 1 aromatic carbocycles. The van der Waals surface area contributed by atoms with E-state index < -0.39 is 0 Å². The van der Waals surface area contributed by atoms with Crippen molar-refractivity contribution >= 4 is 45.5 Å². The third-order valence-electron chi connectivity index (χ3n) is 4.27. The molecule has 0 aliphatic carbocycles. The smallest absolute Gasteiger partial charge is 0.236 e. The van der Waals surface area contributed by atoms with Crippen LogP contribution < -0.4 is 5.32 Å². The van der Waals surface area contributed by atoms with Gasteiger partial charge in [-0.1, -0.05) is 30.0 Å². The first-order chi connectivity index (χ1) is 14.1. The number of thiazole rings is 1. The Balaban J connectivity index is 1.34. The lowest BCUT2D eigenvalue weighted by Crippen LogP contribution is -2.14. The van der Waals surface area contributed by atoms with Gasteiger partial charge in [0.15, 0.2) is 5.13 Å². The molecule has 1 amide bonds. The summed E-state index contributed by atoms with van der Waals surface area (Å²) in [6.07, 6.45) is 0. The molecule has 0 spiro atoms. The van der Waals surface area contributed by atoms with Gasteiger partial charge < -0.3 is 5.32 Å². The summed E-state index contributed by atoms with van der Waals surface area (Å²) in [5.74, 6) is 0.0743. The molecule has 0 aliphatic rings. The van der Waals surface area contributed by atoms with E-state index in [1.54, 1.807) is 16.0 Å². The van der Waals surface area contributed by atoms with Crippen LogP contribution in [0.3, 0.4) is 0 Å². The number of anilines is 1. The number of nitrogens with zero attached hydrogens (tertiary/aromatic N) is 5. The Morgan fingerprint density at radius 1 is 1.21 bits per heavy atom. The number of hydrogen-bond acceptors (Lipinski definition) is 8. The van der Waals surface area contributed by atoms with Crippen LogP contribution in [0.4, 0.5) is 5.13 Å². The molecule has 0 fully saturated rings. The van der Waals surface area contributed by atoms with Gasteiger partial charge >= 0.3 is 0 Å². The van der Waals surface area contributed by atoms with E-state index in [1.807, 2.05) is 29.0 Å². The molecule has 3 heterocycles. The van der Waals surface area contributed by atoms with Gasteiger partial charge in [-0.05, 0) is 52.9 Å². The highest BCUT2D eigenvalue weighted by molar-refractivity contribution is 7.99. The number of amides is 1. The molecule has 29 heavy (non-hydrogen) atoms. The van der Waals surface area contributed by atoms with E-state index in [9.17, 15) is 4.79 Å². The number of thioether (sulfide) groups is 1. The van der Waals surface area contributed by atoms with Crippen LogP contribution in [0.25, 0.3) is 11.3 Å². The van der Waals surface area contributed by atoms with Crippen molar-refractivity contribution in [1.82, 2.24) is 25.2 Å². The predicted octanol–water partition coefficient (Wildman–Crippen LogP) is 4.25. The second-order valence-electron chi connectivity index (χ2n) is 6.37. The molecular weight excluding hydrogens is 424 g/mol. The van der Waals surface area contributed by atoms with Crippen LogP contribution in [0.2, 0.25) is 0 Å². The van der Waals surface area contributed by atoms with E-state index in [-0.39, 0.29) is 11.7 Å². The van der Waals surface area contributed by atoms with E-state index in [1.165, 1.54) is 34.2 Å². The zero-order chi connectivity index (χ0) is 20.2. The molecule has 7 nitrogen and oxygen atoms in total. The second-order valence-corrected chi connectivity index (χ2v) is 9.21. The predicted molar refractivity (Wildman–Crippen MR) is 118 cm³/mol. The van der Waals surface area contributed by atoms with E-state index in [4.69, 9.17) is 0 Å². The maximum Gasteiger partial charge on any atom is 0.236 e. The normalized spacial score (nSPS) is 11.0. The third-order valence-corrected chi connectivity index (χ3v) is 6.85. The van der Waals surface area contributed by atoms with Crippen molar-refractivity contribution in [2.45, 2.75) is 25.5 Å². The van der Waals surface area contributed by atoms with Crippen LogP contribution in [-0.4, -0.2) is 36.9 Å². The molecular formula is C19H18N6OS3. The first kappa shape index (κ1) is 19.7. The molecule has 4 rings (SSSR count). The van der Waals surface area contributed by atoms with Crippen molar-refractivity contribution in [3.8, 4) is 11.3 Å². The minimum Gasteiger partial charge on any atom is -0.301 e. The number of aryl methyl sites for hydroxylation is 2. The van der Waals surface area contributed by atoms with Crippen LogP contribution in [0.1, 0.15) is 16.0 Å². The van der Waals surface area contributed by atoms with Crippen LogP contribution in [0.5, 0.6) is 0 Å². The monoisotopic (exact) mass is 442 g/mol. The molecule has 10 heteroatoms. The summed E-state index contributed by atoms with van der Waals surface area (Å²) >= 11 is 4.37. The summed E-state index contributed by atoms with van der Waals surface area (Å²) < 4.78 is 1.70. The lowest BCUT2D eigenvalue weighted by Gasteiger charge is -2.04. The first-order valence-electron chi connectivity index (χ1n) is 8.83. The number of carbonyl (C=O) groups is 1. The van der Waals surface area contributed by atoms with Crippen molar-refractivity contribution in [3.05, 3.63) is 57.1 Å². The van der Waals surface area contributed by atoms with E-state index in [2.05, 4.69) is 51.8 Å². The molecule has 0 aliphatic heterocycles. The average Bonchev–Trinajstić information content (AvgIpc) is 3.45. The van der Waals surface area contributed by atoms with Crippen LogP contribution >= 0.6 is 34.4 Å². The highest BCUT2D eigenvalue weighted by atomic mass is 32.2. The molecule has 0 atom stereocenters. The lowest BCUT2D eigenvalue weighted by atomic mass is 10.1. The van der Waals surface area contributed by atoms with Gasteiger partial charge in [-0.15, -0.1) is 27.8 Å². The molecule has 148 valence electrons. The maximum absolute atomic E-state index is 12.3. The van der Waals surface area contributed by atoms with Gasteiger partial charge in [-0.2, -0.15) is 0 Å². The highest BCUT2D eigenvalue weighted by Gasteiger charge is 2.13. The van der Waals surface area contributed by atoms with Gasteiger partial charge in [0, 0.05) is 15.8 Å². The van der Waals surface area contributed by atoms with E-state index in [0.29, 0.717) is 16.8 Å². The van der Waals surface area contributed by atoms with Crippen molar-refractivity contribution in [2.75, 3.05) is 11.1 Å². The van der Waals surface area contributed by atoms with Gasteiger partial charge in [0.2, 0.25) is 11.1 Å². The Morgan fingerprint density at radius 3 is 2.90 bits per heavy atom. The zero-order valence-corrected chi connectivity index (χ0v) is 18.3.